The van der Waals surface area contributed by atoms with Gasteiger partial charge in [0.05, 0.1) is 29.8 Å². The van der Waals surface area contributed by atoms with Crippen LogP contribution in [0.5, 0.6) is 5.75 Å². The highest BCUT2D eigenvalue weighted by Crippen LogP contribution is 2.42. The fraction of sp³-hybridized carbons (Fsp3) is 0.138. The molecule has 6 rings (SSSR count). The van der Waals surface area contributed by atoms with Crippen LogP contribution < -0.4 is 9.64 Å². The molecular formula is C29H22ClN3O5. The van der Waals surface area contributed by atoms with Gasteiger partial charge in [0.2, 0.25) is 11.7 Å². The second-order valence-electron chi connectivity index (χ2n) is 9.25. The molecule has 190 valence electrons. The van der Waals surface area contributed by atoms with Crippen molar-refractivity contribution in [2.45, 2.75) is 19.9 Å². The number of methoxy groups -OCH3 is 1. The number of aromatic amines is 1. The van der Waals surface area contributed by atoms with E-state index in [1.54, 1.807) is 48.5 Å². The highest BCUT2D eigenvalue weighted by molar-refractivity contribution is 6.31. The first-order chi connectivity index (χ1) is 18.2. The van der Waals surface area contributed by atoms with Gasteiger partial charge in [-0.3, -0.25) is 14.5 Å². The number of imidazole rings is 1. The molecule has 5 aromatic rings. The number of ether oxygens (including phenoxy) is 1. The van der Waals surface area contributed by atoms with Gasteiger partial charge in [-0.15, -0.1) is 0 Å². The summed E-state index contributed by atoms with van der Waals surface area (Å²) in [6.45, 7) is 3.97. The van der Waals surface area contributed by atoms with E-state index in [-0.39, 0.29) is 17.3 Å². The Kier molecular flexibility index (Phi) is 5.50. The molecule has 8 nitrogen and oxygen atoms in total. The molecule has 3 aromatic carbocycles. The molecule has 0 bridgehead atoms. The molecule has 1 aliphatic rings. The van der Waals surface area contributed by atoms with Crippen LogP contribution in [0.2, 0.25) is 5.02 Å². The molecule has 3 heterocycles. The van der Waals surface area contributed by atoms with Crippen LogP contribution >= 0.6 is 11.6 Å². The van der Waals surface area contributed by atoms with Gasteiger partial charge in [-0.05, 0) is 79.1 Å². The lowest BCUT2D eigenvalue weighted by molar-refractivity contribution is -0.117. The number of rotatable bonds is 5. The van der Waals surface area contributed by atoms with Crippen LogP contribution in [0, 0.1) is 13.8 Å². The Morgan fingerprint density at radius 3 is 2.68 bits per heavy atom. The summed E-state index contributed by atoms with van der Waals surface area (Å²) in [5.41, 5.74) is 4.39. The Balaban J connectivity index is 1.52. The second kappa shape index (κ2) is 8.78. The normalized spacial score (nSPS) is 15.7. The molecule has 2 aromatic heterocycles. The number of nitrogens with zero attached hydrogens (tertiary/aromatic N) is 2. The Labute approximate surface area is 222 Å². The van der Waals surface area contributed by atoms with E-state index in [9.17, 15) is 14.7 Å². The van der Waals surface area contributed by atoms with Crippen molar-refractivity contribution in [1.29, 1.82) is 0 Å². The molecule has 0 radical (unpaired) electrons. The highest BCUT2D eigenvalue weighted by Gasteiger charge is 2.46. The summed E-state index contributed by atoms with van der Waals surface area (Å²) >= 11 is 6.10. The molecule has 0 spiro atoms. The number of carbonyl (C=O) groups is 2. The number of fused-ring (bicyclic) bond motifs is 2. The predicted molar refractivity (Wildman–Crippen MR) is 144 cm³/mol. The van der Waals surface area contributed by atoms with E-state index in [1.807, 2.05) is 26.0 Å². The summed E-state index contributed by atoms with van der Waals surface area (Å²) in [6, 6.07) is 16.4. The number of hydrogen-bond acceptors (Lipinski definition) is 6. The average Bonchev–Trinajstić information content (AvgIpc) is 3.58. The maximum atomic E-state index is 13.8. The van der Waals surface area contributed by atoms with Crippen LogP contribution in [0.25, 0.3) is 22.0 Å². The summed E-state index contributed by atoms with van der Waals surface area (Å²) in [5.74, 6) is -1.35. The minimum atomic E-state index is -0.996. The zero-order valence-corrected chi connectivity index (χ0v) is 21.5. The van der Waals surface area contributed by atoms with E-state index in [1.165, 1.54) is 12.0 Å². The van der Waals surface area contributed by atoms with Gasteiger partial charge in [-0.2, -0.15) is 0 Å². The SMILES string of the molecule is COc1cccc(C2C(C(=O)c3cc4cc(Cl)ccc4o3)=C(O)C(=O)N2c2nc3cc(C)c(C)cc3[nH]2)c1. The van der Waals surface area contributed by atoms with E-state index >= 15 is 0 Å². The quantitative estimate of drug-likeness (QED) is 0.257. The fourth-order valence-corrected chi connectivity index (χ4v) is 4.99. The third kappa shape index (κ3) is 3.72. The van der Waals surface area contributed by atoms with Crippen molar-refractivity contribution in [2.75, 3.05) is 12.0 Å². The number of amides is 1. The van der Waals surface area contributed by atoms with Gasteiger partial charge in [-0.1, -0.05) is 23.7 Å². The van der Waals surface area contributed by atoms with Crippen molar-refractivity contribution in [1.82, 2.24) is 9.97 Å². The molecule has 1 aliphatic heterocycles. The van der Waals surface area contributed by atoms with Gasteiger partial charge < -0.3 is 19.2 Å². The minimum absolute atomic E-state index is 0.0257. The third-order valence-corrected chi connectivity index (χ3v) is 7.11. The lowest BCUT2D eigenvalue weighted by Gasteiger charge is -2.24. The zero-order chi connectivity index (χ0) is 26.7. The number of furan rings is 1. The first-order valence-electron chi connectivity index (χ1n) is 11.9. The van der Waals surface area contributed by atoms with Gasteiger partial charge >= 0.3 is 0 Å². The standard InChI is InChI=1S/C29H22ClN3O5/c1-14-9-20-21(10-15(14)2)32-29(31-20)33-25(16-5-4-6-19(12-16)37-3)24(27(35)28(33)36)26(34)23-13-17-11-18(30)7-8-22(17)38-23/h4-13,25,35H,1-3H3,(H,31,32). The topological polar surface area (TPSA) is 109 Å². The van der Waals surface area contributed by atoms with Crippen molar-refractivity contribution >= 4 is 51.2 Å². The number of aliphatic hydroxyl groups is 1. The summed E-state index contributed by atoms with van der Waals surface area (Å²) in [5, 5.41) is 12.2. The maximum absolute atomic E-state index is 13.8. The van der Waals surface area contributed by atoms with Crippen LogP contribution in [0.3, 0.4) is 0 Å². The number of anilines is 1. The van der Waals surface area contributed by atoms with Crippen LogP contribution in [0.4, 0.5) is 5.95 Å². The number of halogens is 1. The average molecular weight is 528 g/mol. The number of hydrogen-bond donors (Lipinski definition) is 2. The monoisotopic (exact) mass is 527 g/mol. The molecular weight excluding hydrogens is 506 g/mol. The van der Waals surface area contributed by atoms with Gasteiger partial charge in [0.15, 0.2) is 11.5 Å². The number of H-pyrrole nitrogens is 1. The molecule has 0 aliphatic carbocycles. The first kappa shape index (κ1) is 23.8. The summed E-state index contributed by atoms with van der Waals surface area (Å²) in [4.78, 5) is 36.5. The maximum Gasteiger partial charge on any atom is 0.296 e. The molecule has 1 unspecified atom stereocenters. The Morgan fingerprint density at radius 2 is 1.89 bits per heavy atom. The summed E-state index contributed by atoms with van der Waals surface area (Å²) in [6.07, 6.45) is 0. The van der Waals surface area contributed by atoms with Gasteiger partial charge in [-0.25, -0.2) is 4.98 Å². The smallest absolute Gasteiger partial charge is 0.296 e. The number of aryl methyl sites for hydroxylation is 2. The minimum Gasteiger partial charge on any atom is -0.503 e. The van der Waals surface area contributed by atoms with Crippen molar-refractivity contribution in [3.05, 3.63) is 99.5 Å². The molecule has 38 heavy (non-hydrogen) atoms. The van der Waals surface area contributed by atoms with Crippen molar-refractivity contribution in [2.24, 2.45) is 0 Å². The molecule has 0 fully saturated rings. The van der Waals surface area contributed by atoms with Crippen molar-refractivity contribution in [3.63, 3.8) is 0 Å². The first-order valence-corrected chi connectivity index (χ1v) is 12.2. The number of aromatic nitrogens is 2. The van der Waals surface area contributed by atoms with E-state index in [0.717, 1.165) is 16.6 Å². The van der Waals surface area contributed by atoms with Gasteiger partial charge in [0, 0.05) is 10.4 Å². The van der Waals surface area contributed by atoms with Crippen LogP contribution in [0.1, 0.15) is 33.3 Å². The van der Waals surface area contributed by atoms with Crippen molar-refractivity contribution < 1.29 is 23.8 Å². The number of carbonyl (C=O) groups excluding carboxylic acids is 2. The van der Waals surface area contributed by atoms with Gasteiger partial charge in [0.25, 0.3) is 5.91 Å². The number of Topliss-reactive ketones (excluding diaryl/α,β-unsaturated/α-hetero) is 1. The molecule has 9 heteroatoms. The highest BCUT2D eigenvalue weighted by atomic mass is 35.5. The number of nitrogens with one attached hydrogen (secondary N) is 1. The summed E-state index contributed by atoms with van der Waals surface area (Å²) < 4.78 is 11.2. The molecule has 0 saturated carbocycles. The van der Waals surface area contributed by atoms with Crippen LogP contribution in [-0.4, -0.2) is 33.9 Å². The fourth-order valence-electron chi connectivity index (χ4n) is 4.81. The Bertz CT molecular complexity index is 1780. The van der Waals surface area contributed by atoms with E-state index in [4.69, 9.17) is 20.8 Å². The Morgan fingerprint density at radius 1 is 1.11 bits per heavy atom. The number of ketones is 1. The molecule has 0 saturated heterocycles. The van der Waals surface area contributed by atoms with Crippen LogP contribution in [0.15, 0.2) is 76.4 Å². The van der Waals surface area contributed by atoms with E-state index in [0.29, 0.717) is 32.8 Å². The van der Waals surface area contributed by atoms with Crippen LogP contribution in [-0.2, 0) is 4.79 Å². The Hall–Kier alpha value is -4.56. The van der Waals surface area contributed by atoms with E-state index in [2.05, 4.69) is 9.97 Å². The zero-order valence-electron chi connectivity index (χ0n) is 20.7. The lowest BCUT2D eigenvalue weighted by atomic mass is 9.95. The molecule has 1 atom stereocenters. The lowest BCUT2D eigenvalue weighted by Crippen LogP contribution is -2.32. The predicted octanol–water partition coefficient (Wildman–Crippen LogP) is 6.37. The number of aliphatic hydroxyl groups excluding tert-OH is 1. The largest absolute Gasteiger partial charge is 0.503 e. The van der Waals surface area contributed by atoms with Gasteiger partial charge in [0.1, 0.15) is 11.3 Å². The number of benzene rings is 3. The molecule has 1 amide bonds. The second-order valence-corrected chi connectivity index (χ2v) is 9.69. The third-order valence-electron chi connectivity index (χ3n) is 6.88. The summed E-state index contributed by atoms with van der Waals surface area (Å²) in [7, 11) is 1.53. The molecule has 2 N–H and O–H groups in total. The van der Waals surface area contributed by atoms with Crippen molar-refractivity contribution in [3.8, 4) is 5.75 Å². The van der Waals surface area contributed by atoms with E-state index < -0.39 is 23.5 Å².